The Morgan fingerprint density at radius 3 is 2.54 bits per heavy atom. The molecule has 0 bridgehead atoms. The Bertz CT molecular complexity index is 178. The van der Waals surface area contributed by atoms with Crippen LogP contribution in [-0.2, 0) is 4.79 Å². The molecule has 74 valence electrons. The zero-order valence-electron chi connectivity index (χ0n) is 7.91. The monoisotopic (exact) mass is 183 g/mol. The van der Waals surface area contributed by atoms with Crippen LogP contribution in [0.3, 0.4) is 0 Å². The lowest BCUT2D eigenvalue weighted by Gasteiger charge is -2.19. The molecule has 0 aliphatic heterocycles. The molecular weight excluding hydrogens is 166 g/mol. The lowest BCUT2D eigenvalue weighted by Crippen LogP contribution is -2.33. The highest BCUT2D eigenvalue weighted by atomic mass is 16.3. The highest BCUT2D eigenvalue weighted by molar-refractivity contribution is 5.76. The zero-order valence-corrected chi connectivity index (χ0v) is 7.91. The maximum atomic E-state index is 11.4. The molecular formula is C10H17NO2. The number of carbonyl (C=O) groups excluding carboxylic acids is 1. The SMILES string of the molecule is C=CCCC(=O)N(CC=C)CCO. The lowest BCUT2D eigenvalue weighted by molar-refractivity contribution is -0.131. The highest BCUT2D eigenvalue weighted by Crippen LogP contribution is 1.98. The van der Waals surface area contributed by atoms with Gasteiger partial charge in [0.1, 0.15) is 0 Å². The number of aliphatic hydroxyl groups is 1. The number of nitrogens with zero attached hydrogens (tertiary/aromatic N) is 1. The molecule has 0 aliphatic carbocycles. The number of aliphatic hydroxyl groups excluding tert-OH is 1. The van der Waals surface area contributed by atoms with E-state index in [9.17, 15) is 4.79 Å². The van der Waals surface area contributed by atoms with Gasteiger partial charge in [-0.05, 0) is 6.42 Å². The van der Waals surface area contributed by atoms with Gasteiger partial charge in [0.15, 0.2) is 0 Å². The molecule has 13 heavy (non-hydrogen) atoms. The van der Waals surface area contributed by atoms with Crippen molar-refractivity contribution in [3.05, 3.63) is 25.3 Å². The van der Waals surface area contributed by atoms with Gasteiger partial charge < -0.3 is 10.0 Å². The third kappa shape index (κ3) is 5.20. The number of hydrogen-bond donors (Lipinski definition) is 1. The maximum absolute atomic E-state index is 11.4. The van der Waals surface area contributed by atoms with Gasteiger partial charge in [-0.2, -0.15) is 0 Å². The molecule has 1 N–H and O–H groups in total. The summed E-state index contributed by atoms with van der Waals surface area (Å²) in [4.78, 5) is 13.0. The van der Waals surface area contributed by atoms with Gasteiger partial charge in [0.2, 0.25) is 5.91 Å². The fourth-order valence-corrected chi connectivity index (χ4v) is 0.978. The fourth-order valence-electron chi connectivity index (χ4n) is 0.978. The lowest BCUT2D eigenvalue weighted by atomic mass is 10.2. The van der Waals surface area contributed by atoms with E-state index in [-0.39, 0.29) is 12.5 Å². The quantitative estimate of drug-likeness (QED) is 0.597. The molecule has 3 nitrogen and oxygen atoms in total. The van der Waals surface area contributed by atoms with Crippen molar-refractivity contribution in [1.82, 2.24) is 4.90 Å². The van der Waals surface area contributed by atoms with Crippen molar-refractivity contribution in [2.24, 2.45) is 0 Å². The van der Waals surface area contributed by atoms with E-state index in [2.05, 4.69) is 13.2 Å². The average molecular weight is 183 g/mol. The van der Waals surface area contributed by atoms with Crippen molar-refractivity contribution in [2.75, 3.05) is 19.7 Å². The Morgan fingerprint density at radius 2 is 2.08 bits per heavy atom. The van der Waals surface area contributed by atoms with E-state index in [4.69, 9.17) is 5.11 Å². The molecule has 0 spiro atoms. The van der Waals surface area contributed by atoms with Gasteiger partial charge in [0.25, 0.3) is 0 Å². The van der Waals surface area contributed by atoms with Gasteiger partial charge in [-0.15, -0.1) is 13.2 Å². The summed E-state index contributed by atoms with van der Waals surface area (Å²) in [6.07, 6.45) is 4.50. The number of carbonyl (C=O) groups is 1. The number of rotatable bonds is 7. The first-order valence-electron chi connectivity index (χ1n) is 4.36. The second kappa shape index (κ2) is 7.55. The minimum atomic E-state index is -0.00628. The van der Waals surface area contributed by atoms with Crippen molar-refractivity contribution < 1.29 is 9.90 Å². The number of allylic oxidation sites excluding steroid dienone is 1. The average Bonchev–Trinajstić information content (AvgIpc) is 2.14. The van der Waals surface area contributed by atoms with Gasteiger partial charge in [0, 0.05) is 19.5 Å². The van der Waals surface area contributed by atoms with Crippen molar-refractivity contribution in [1.29, 1.82) is 0 Å². The van der Waals surface area contributed by atoms with Crippen LogP contribution in [0.25, 0.3) is 0 Å². The number of hydrogen-bond acceptors (Lipinski definition) is 2. The second-order valence-electron chi connectivity index (χ2n) is 2.68. The number of amides is 1. The van der Waals surface area contributed by atoms with Crippen LogP contribution in [0.15, 0.2) is 25.3 Å². The van der Waals surface area contributed by atoms with Crippen molar-refractivity contribution in [3.8, 4) is 0 Å². The summed E-state index contributed by atoms with van der Waals surface area (Å²) in [5.74, 6) is 0.0360. The van der Waals surface area contributed by atoms with Crippen LogP contribution in [0.5, 0.6) is 0 Å². The first-order chi connectivity index (χ1) is 6.26. The summed E-state index contributed by atoms with van der Waals surface area (Å²) in [6, 6.07) is 0. The Balaban J connectivity index is 3.93. The molecule has 3 heteroatoms. The van der Waals surface area contributed by atoms with Gasteiger partial charge in [-0.1, -0.05) is 12.2 Å². The topological polar surface area (TPSA) is 40.5 Å². The molecule has 0 saturated carbocycles. The normalized spacial score (nSPS) is 9.31. The summed E-state index contributed by atoms with van der Waals surface area (Å²) < 4.78 is 0. The van der Waals surface area contributed by atoms with Gasteiger partial charge in [-0.25, -0.2) is 0 Å². The Labute approximate surface area is 79.4 Å². The Kier molecular flexibility index (Phi) is 6.92. The smallest absolute Gasteiger partial charge is 0.223 e. The molecule has 0 unspecified atom stereocenters. The third-order valence-electron chi connectivity index (χ3n) is 1.63. The predicted octanol–water partition coefficient (Wildman–Crippen LogP) is 0.960. The van der Waals surface area contributed by atoms with E-state index in [0.29, 0.717) is 25.9 Å². The minimum absolute atomic E-state index is 0.00628. The summed E-state index contributed by atoms with van der Waals surface area (Å²) in [6.45, 7) is 7.96. The van der Waals surface area contributed by atoms with Crippen LogP contribution in [0, 0.1) is 0 Å². The molecule has 0 aliphatic rings. The Morgan fingerprint density at radius 1 is 1.38 bits per heavy atom. The largest absolute Gasteiger partial charge is 0.395 e. The fraction of sp³-hybridized carbons (Fsp3) is 0.500. The summed E-state index contributed by atoms with van der Waals surface area (Å²) in [5.41, 5.74) is 0. The molecule has 0 aromatic heterocycles. The molecule has 0 aromatic rings. The molecule has 0 radical (unpaired) electrons. The summed E-state index contributed by atoms with van der Waals surface area (Å²) >= 11 is 0. The maximum Gasteiger partial charge on any atom is 0.223 e. The first-order valence-corrected chi connectivity index (χ1v) is 4.36. The highest BCUT2D eigenvalue weighted by Gasteiger charge is 2.09. The minimum Gasteiger partial charge on any atom is -0.395 e. The van der Waals surface area contributed by atoms with Crippen molar-refractivity contribution in [2.45, 2.75) is 12.8 Å². The zero-order chi connectivity index (χ0) is 10.1. The van der Waals surface area contributed by atoms with Gasteiger partial charge in [0.05, 0.1) is 6.61 Å². The van der Waals surface area contributed by atoms with Crippen LogP contribution in [-0.4, -0.2) is 35.6 Å². The standard InChI is InChI=1S/C10H17NO2/c1-3-5-6-10(13)11(7-4-2)8-9-12/h3-4,12H,1-2,5-9H2. The summed E-state index contributed by atoms with van der Waals surface area (Å²) in [5, 5.41) is 8.69. The van der Waals surface area contributed by atoms with Crippen LogP contribution in [0.4, 0.5) is 0 Å². The van der Waals surface area contributed by atoms with E-state index in [1.807, 2.05) is 0 Å². The van der Waals surface area contributed by atoms with E-state index in [1.165, 1.54) is 0 Å². The molecule has 0 fully saturated rings. The summed E-state index contributed by atoms with van der Waals surface area (Å²) in [7, 11) is 0. The Hall–Kier alpha value is -1.09. The second-order valence-corrected chi connectivity index (χ2v) is 2.68. The molecule has 0 heterocycles. The van der Waals surface area contributed by atoms with E-state index in [0.717, 1.165) is 0 Å². The van der Waals surface area contributed by atoms with E-state index >= 15 is 0 Å². The molecule has 1 amide bonds. The first kappa shape index (κ1) is 11.9. The van der Waals surface area contributed by atoms with Gasteiger partial charge in [-0.3, -0.25) is 4.79 Å². The van der Waals surface area contributed by atoms with Crippen molar-refractivity contribution in [3.63, 3.8) is 0 Å². The van der Waals surface area contributed by atoms with Crippen molar-refractivity contribution >= 4 is 5.91 Å². The van der Waals surface area contributed by atoms with Gasteiger partial charge >= 0.3 is 0 Å². The van der Waals surface area contributed by atoms with E-state index < -0.39 is 0 Å². The molecule has 0 rings (SSSR count). The van der Waals surface area contributed by atoms with Crippen LogP contribution in [0.2, 0.25) is 0 Å². The van der Waals surface area contributed by atoms with Crippen LogP contribution >= 0.6 is 0 Å². The van der Waals surface area contributed by atoms with E-state index in [1.54, 1.807) is 17.1 Å². The molecule has 0 aromatic carbocycles. The molecule has 0 atom stereocenters. The molecule has 0 saturated heterocycles. The van der Waals surface area contributed by atoms with Crippen LogP contribution in [0.1, 0.15) is 12.8 Å². The third-order valence-corrected chi connectivity index (χ3v) is 1.63. The predicted molar refractivity (Wildman–Crippen MR) is 53.3 cm³/mol. The van der Waals surface area contributed by atoms with Crippen LogP contribution < -0.4 is 0 Å².